The number of halogens is 2. The summed E-state index contributed by atoms with van der Waals surface area (Å²) < 4.78 is 1.64. The van der Waals surface area contributed by atoms with Crippen LogP contribution in [-0.2, 0) is 0 Å². The molecule has 5 nitrogen and oxygen atoms in total. The lowest BCUT2D eigenvalue weighted by molar-refractivity contribution is 0.0904. The number of hydrogen-bond acceptors (Lipinski definition) is 4. The molecular weight excluding hydrogens is 385 g/mol. The number of carbonyl (C=O) groups is 1. The maximum absolute atomic E-state index is 11.9. The molecule has 0 aliphatic carbocycles. The third kappa shape index (κ3) is 3.21. The number of carbonyl (C=O) groups excluding carboxylic acids is 1. The number of rotatable bonds is 4. The predicted molar refractivity (Wildman–Crippen MR) is 106 cm³/mol. The summed E-state index contributed by atoms with van der Waals surface area (Å²) in [5, 5.41) is 15.8. The summed E-state index contributed by atoms with van der Waals surface area (Å²) in [6.07, 6.45) is 1.53. The Balaban J connectivity index is 2.01. The summed E-state index contributed by atoms with van der Waals surface area (Å²) in [5.41, 5.74) is 2.53. The smallest absolute Gasteiger partial charge is 0.188 e. The number of Topliss-reactive ketones (excluding diaryl/α,β-unsaturated/α-hetero) is 1. The topological polar surface area (TPSA) is 68.0 Å². The van der Waals surface area contributed by atoms with Crippen molar-refractivity contribution in [3.63, 3.8) is 0 Å². The molecule has 27 heavy (non-hydrogen) atoms. The SMILES string of the molecule is O=C(CO)c1ccc2c(-c3ccccc3Cl)nn(-c3ccc(Cl)cn3)c2c1. The van der Waals surface area contributed by atoms with Crippen LogP contribution >= 0.6 is 23.2 Å². The van der Waals surface area contributed by atoms with Crippen LogP contribution < -0.4 is 0 Å². The van der Waals surface area contributed by atoms with Gasteiger partial charge >= 0.3 is 0 Å². The van der Waals surface area contributed by atoms with Crippen molar-refractivity contribution < 1.29 is 9.90 Å². The molecule has 0 bridgehead atoms. The van der Waals surface area contributed by atoms with Gasteiger partial charge in [-0.2, -0.15) is 5.10 Å². The van der Waals surface area contributed by atoms with Gasteiger partial charge in [0.25, 0.3) is 0 Å². The molecule has 0 amide bonds. The Morgan fingerprint density at radius 2 is 1.89 bits per heavy atom. The number of aliphatic hydroxyl groups is 1. The molecule has 0 spiro atoms. The van der Waals surface area contributed by atoms with E-state index < -0.39 is 6.61 Å². The van der Waals surface area contributed by atoms with E-state index in [4.69, 9.17) is 28.3 Å². The predicted octanol–water partition coefficient (Wildman–Crippen LogP) is 4.57. The lowest BCUT2D eigenvalue weighted by Crippen LogP contribution is -2.05. The van der Waals surface area contributed by atoms with Gasteiger partial charge in [-0.3, -0.25) is 4.79 Å². The van der Waals surface area contributed by atoms with Gasteiger partial charge in [0.2, 0.25) is 0 Å². The van der Waals surface area contributed by atoms with Crippen LogP contribution in [0.15, 0.2) is 60.8 Å². The van der Waals surface area contributed by atoms with Crippen molar-refractivity contribution >= 4 is 39.9 Å². The van der Waals surface area contributed by atoms with Crippen LogP contribution in [0.2, 0.25) is 10.0 Å². The molecule has 4 aromatic rings. The van der Waals surface area contributed by atoms with E-state index in [1.54, 1.807) is 41.1 Å². The van der Waals surface area contributed by atoms with Crippen molar-refractivity contribution in [2.75, 3.05) is 6.61 Å². The summed E-state index contributed by atoms with van der Waals surface area (Å²) in [7, 11) is 0. The maximum atomic E-state index is 11.9. The fraction of sp³-hybridized carbons (Fsp3) is 0.0500. The van der Waals surface area contributed by atoms with Crippen molar-refractivity contribution in [3.05, 3.63) is 76.4 Å². The minimum absolute atomic E-state index is 0.368. The summed E-state index contributed by atoms with van der Waals surface area (Å²) in [6, 6.07) is 16.0. The first-order valence-electron chi connectivity index (χ1n) is 8.12. The average molecular weight is 398 g/mol. The number of aromatic nitrogens is 3. The summed E-state index contributed by atoms with van der Waals surface area (Å²) in [5.74, 6) is 0.185. The van der Waals surface area contributed by atoms with Gasteiger partial charge in [-0.25, -0.2) is 9.67 Å². The summed E-state index contributed by atoms with van der Waals surface area (Å²) in [6.45, 7) is -0.559. The van der Waals surface area contributed by atoms with Gasteiger partial charge in [0.05, 0.1) is 15.6 Å². The highest BCUT2D eigenvalue weighted by atomic mass is 35.5. The molecule has 2 aromatic heterocycles. The van der Waals surface area contributed by atoms with Gasteiger partial charge in [-0.1, -0.05) is 47.5 Å². The van der Waals surface area contributed by atoms with E-state index in [0.29, 0.717) is 32.6 Å². The Morgan fingerprint density at radius 1 is 1.07 bits per heavy atom. The van der Waals surface area contributed by atoms with Gasteiger partial charge in [0, 0.05) is 22.7 Å². The Hall–Kier alpha value is -2.73. The third-order valence-corrected chi connectivity index (χ3v) is 4.76. The van der Waals surface area contributed by atoms with E-state index >= 15 is 0 Å². The zero-order valence-electron chi connectivity index (χ0n) is 13.9. The van der Waals surface area contributed by atoms with Gasteiger partial charge in [0.1, 0.15) is 12.3 Å². The van der Waals surface area contributed by atoms with Crippen molar-refractivity contribution in [1.82, 2.24) is 14.8 Å². The van der Waals surface area contributed by atoms with E-state index in [-0.39, 0.29) is 5.78 Å². The molecule has 0 radical (unpaired) electrons. The molecule has 0 atom stereocenters. The monoisotopic (exact) mass is 397 g/mol. The standard InChI is InChI=1S/C20H13Cl2N3O2/c21-13-6-8-19(23-10-13)25-17-9-12(18(27)11-26)5-7-15(17)20(24-25)14-3-1-2-4-16(14)22/h1-10,26H,11H2. The molecule has 4 rings (SSSR count). The normalized spacial score (nSPS) is 11.1. The number of fused-ring (bicyclic) bond motifs is 1. The highest BCUT2D eigenvalue weighted by molar-refractivity contribution is 6.33. The van der Waals surface area contributed by atoms with Crippen molar-refractivity contribution in [2.24, 2.45) is 0 Å². The van der Waals surface area contributed by atoms with Crippen LogP contribution in [0.4, 0.5) is 0 Å². The van der Waals surface area contributed by atoms with Crippen molar-refractivity contribution in [3.8, 4) is 17.1 Å². The highest BCUT2D eigenvalue weighted by Crippen LogP contribution is 2.34. The molecule has 134 valence electrons. The van der Waals surface area contributed by atoms with Crippen LogP contribution in [0.25, 0.3) is 28.0 Å². The largest absolute Gasteiger partial charge is 0.388 e. The molecule has 0 unspecified atom stereocenters. The Morgan fingerprint density at radius 3 is 2.59 bits per heavy atom. The van der Waals surface area contributed by atoms with Crippen LogP contribution in [0.1, 0.15) is 10.4 Å². The molecule has 0 saturated carbocycles. The number of hydrogen-bond donors (Lipinski definition) is 1. The number of benzene rings is 2. The maximum Gasteiger partial charge on any atom is 0.188 e. The first-order chi connectivity index (χ1) is 13.1. The second-order valence-corrected chi connectivity index (χ2v) is 6.73. The molecule has 7 heteroatoms. The Bertz CT molecular complexity index is 1150. The highest BCUT2D eigenvalue weighted by Gasteiger charge is 2.18. The summed E-state index contributed by atoms with van der Waals surface area (Å²) in [4.78, 5) is 16.3. The van der Waals surface area contributed by atoms with E-state index in [1.165, 1.54) is 6.20 Å². The van der Waals surface area contributed by atoms with E-state index in [9.17, 15) is 9.90 Å². The quantitative estimate of drug-likeness (QED) is 0.512. The minimum Gasteiger partial charge on any atom is -0.388 e. The zero-order chi connectivity index (χ0) is 19.0. The minimum atomic E-state index is -0.559. The fourth-order valence-corrected chi connectivity index (χ4v) is 3.24. The Kier molecular flexibility index (Phi) is 4.66. The molecule has 0 saturated heterocycles. The number of pyridine rings is 1. The molecule has 0 fully saturated rings. The van der Waals surface area contributed by atoms with Crippen molar-refractivity contribution in [1.29, 1.82) is 0 Å². The van der Waals surface area contributed by atoms with Crippen LogP contribution in [0, 0.1) is 0 Å². The van der Waals surface area contributed by atoms with E-state index in [0.717, 1.165) is 10.9 Å². The molecule has 2 heterocycles. The second-order valence-electron chi connectivity index (χ2n) is 5.89. The van der Waals surface area contributed by atoms with Crippen LogP contribution in [0.3, 0.4) is 0 Å². The van der Waals surface area contributed by atoms with Crippen LogP contribution in [-0.4, -0.2) is 32.3 Å². The molecule has 0 aliphatic rings. The average Bonchev–Trinajstić information content (AvgIpc) is 3.07. The number of aliphatic hydroxyl groups excluding tert-OH is 1. The fourth-order valence-electron chi connectivity index (χ4n) is 2.90. The summed E-state index contributed by atoms with van der Waals surface area (Å²) >= 11 is 12.3. The number of ketones is 1. The molecule has 0 aliphatic heterocycles. The number of nitrogens with zero attached hydrogens (tertiary/aromatic N) is 3. The lowest BCUT2D eigenvalue weighted by atomic mass is 10.0. The zero-order valence-corrected chi connectivity index (χ0v) is 15.4. The Labute approximate surface area is 164 Å². The van der Waals surface area contributed by atoms with Crippen LogP contribution in [0.5, 0.6) is 0 Å². The molecular formula is C20H13Cl2N3O2. The van der Waals surface area contributed by atoms with E-state index in [1.807, 2.05) is 18.2 Å². The third-order valence-electron chi connectivity index (χ3n) is 4.20. The first-order valence-corrected chi connectivity index (χ1v) is 8.88. The van der Waals surface area contributed by atoms with E-state index in [2.05, 4.69) is 4.98 Å². The van der Waals surface area contributed by atoms with Gasteiger partial charge in [-0.15, -0.1) is 0 Å². The molecule has 1 N–H and O–H groups in total. The van der Waals surface area contributed by atoms with Gasteiger partial charge < -0.3 is 5.11 Å². The first kappa shape index (κ1) is 17.7. The lowest BCUT2D eigenvalue weighted by Gasteiger charge is -2.03. The van der Waals surface area contributed by atoms with Crippen molar-refractivity contribution in [2.45, 2.75) is 0 Å². The van der Waals surface area contributed by atoms with Gasteiger partial charge in [-0.05, 0) is 30.3 Å². The van der Waals surface area contributed by atoms with Gasteiger partial charge in [0.15, 0.2) is 11.6 Å². The molecule has 2 aromatic carbocycles. The second kappa shape index (κ2) is 7.12.